The van der Waals surface area contributed by atoms with Crippen molar-refractivity contribution in [2.45, 2.75) is 31.0 Å². The Morgan fingerprint density at radius 1 is 1.32 bits per heavy atom. The zero-order chi connectivity index (χ0) is 14.0. The zero-order valence-corrected chi connectivity index (χ0v) is 13.4. The monoisotopic (exact) mass is 302 g/mol. The minimum Gasteiger partial charge on any atom is -0.315 e. The normalized spacial score (nSPS) is 25.6. The standard InChI is InChI=1S/C13H22N2O2S2/c1-10-6-11(2)9-15(8-10)19(16,17)13-5-4-12(18-13)7-14-3/h4-5,10-11,14H,6-9H2,1-3H3. The third-order valence-electron chi connectivity index (χ3n) is 3.42. The molecule has 1 aliphatic rings. The van der Waals surface area contributed by atoms with Crippen LogP contribution in [0, 0.1) is 11.8 Å². The van der Waals surface area contributed by atoms with Crippen molar-refractivity contribution in [1.82, 2.24) is 9.62 Å². The second-order valence-corrected chi connectivity index (χ2v) is 8.85. The summed E-state index contributed by atoms with van der Waals surface area (Å²) < 4.78 is 27.3. The molecule has 0 aliphatic carbocycles. The Kier molecular flexibility index (Phi) is 4.66. The summed E-state index contributed by atoms with van der Waals surface area (Å²) in [5.74, 6) is 0.880. The Bertz CT molecular complexity index is 515. The molecule has 1 saturated heterocycles. The predicted molar refractivity (Wildman–Crippen MR) is 78.8 cm³/mol. The molecule has 0 spiro atoms. The molecule has 4 nitrogen and oxygen atoms in total. The highest BCUT2D eigenvalue weighted by molar-refractivity contribution is 7.91. The van der Waals surface area contributed by atoms with E-state index in [-0.39, 0.29) is 0 Å². The molecule has 0 amide bonds. The van der Waals surface area contributed by atoms with Gasteiger partial charge >= 0.3 is 0 Å². The first-order chi connectivity index (χ1) is 8.93. The van der Waals surface area contributed by atoms with Gasteiger partial charge in [-0.15, -0.1) is 11.3 Å². The number of rotatable bonds is 4. The molecule has 1 aliphatic heterocycles. The molecule has 1 fully saturated rings. The van der Waals surface area contributed by atoms with E-state index in [2.05, 4.69) is 19.2 Å². The van der Waals surface area contributed by atoms with Crippen molar-refractivity contribution in [2.24, 2.45) is 11.8 Å². The van der Waals surface area contributed by atoms with Crippen molar-refractivity contribution in [3.05, 3.63) is 17.0 Å². The topological polar surface area (TPSA) is 49.4 Å². The fraction of sp³-hybridized carbons (Fsp3) is 0.692. The average molecular weight is 302 g/mol. The van der Waals surface area contributed by atoms with Gasteiger partial charge in [0.05, 0.1) is 0 Å². The summed E-state index contributed by atoms with van der Waals surface area (Å²) in [4.78, 5) is 1.05. The minimum absolute atomic E-state index is 0.440. The Balaban J connectivity index is 2.20. The van der Waals surface area contributed by atoms with Gasteiger partial charge in [-0.05, 0) is 37.4 Å². The number of thiophene rings is 1. The minimum atomic E-state index is -3.30. The maximum Gasteiger partial charge on any atom is 0.252 e. The van der Waals surface area contributed by atoms with E-state index < -0.39 is 10.0 Å². The lowest BCUT2D eigenvalue weighted by Crippen LogP contribution is -2.42. The van der Waals surface area contributed by atoms with Gasteiger partial charge in [0.15, 0.2) is 0 Å². The van der Waals surface area contributed by atoms with E-state index in [1.807, 2.05) is 13.1 Å². The third-order valence-corrected chi connectivity index (χ3v) is 6.80. The van der Waals surface area contributed by atoms with Crippen molar-refractivity contribution in [2.75, 3.05) is 20.1 Å². The number of piperidine rings is 1. The fourth-order valence-corrected chi connectivity index (χ4v) is 5.90. The van der Waals surface area contributed by atoms with Crippen molar-refractivity contribution in [3.63, 3.8) is 0 Å². The van der Waals surface area contributed by atoms with Crippen LogP contribution in [0.4, 0.5) is 0 Å². The van der Waals surface area contributed by atoms with Crippen LogP contribution in [-0.4, -0.2) is 32.9 Å². The van der Waals surface area contributed by atoms with Gasteiger partial charge in [0.1, 0.15) is 4.21 Å². The first kappa shape index (κ1) is 15.0. The van der Waals surface area contributed by atoms with Crippen LogP contribution in [0.5, 0.6) is 0 Å². The first-order valence-electron chi connectivity index (χ1n) is 6.67. The van der Waals surface area contributed by atoms with Gasteiger partial charge in [-0.2, -0.15) is 4.31 Å². The van der Waals surface area contributed by atoms with Crippen LogP contribution in [0.25, 0.3) is 0 Å². The van der Waals surface area contributed by atoms with E-state index in [0.717, 1.165) is 11.3 Å². The van der Waals surface area contributed by atoms with Crippen molar-refractivity contribution < 1.29 is 8.42 Å². The van der Waals surface area contributed by atoms with Crippen molar-refractivity contribution in [1.29, 1.82) is 0 Å². The lowest BCUT2D eigenvalue weighted by atomic mass is 9.94. The maximum absolute atomic E-state index is 12.6. The van der Waals surface area contributed by atoms with Gasteiger partial charge in [0.25, 0.3) is 10.0 Å². The molecule has 2 heterocycles. The molecule has 6 heteroatoms. The molecule has 19 heavy (non-hydrogen) atoms. The van der Waals surface area contributed by atoms with Crippen LogP contribution in [0.3, 0.4) is 0 Å². The van der Waals surface area contributed by atoms with Gasteiger partial charge in [0.2, 0.25) is 0 Å². The number of nitrogens with one attached hydrogen (secondary N) is 1. The molecule has 2 rings (SSSR count). The summed E-state index contributed by atoms with van der Waals surface area (Å²) in [5, 5.41) is 3.04. The molecule has 2 unspecified atom stereocenters. The SMILES string of the molecule is CNCc1ccc(S(=O)(=O)N2CC(C)CC(C)C2)s1. The van der Waals surface area contributed by atoms with E-state index in [9.17, 15) is 8.42 Å². The van der Waals surface area contributed by atoms with E-state index in [4.69, 9.17) is 0 Å². The Labute approximate surface area is 119 Å². The number of hydrogen-bond acceptors (Lipinski definition) is 4. The third kappa shape index (κ3) is 3.37. The van der Waals surface area contributed by atoms with Crippen molar-refractivity contribution >= 4 is 21.4 Å². The first-order valence-corrected chi connectivity index (χ1v) is 8.92. The summed E-state index contributed by atoms with van der Waals surface area (Å²) >= 11 is 1.37. The molecule has 1 N–H and O–H groups in total. The highest BCUT2D eigenvalue weighted by atomic mass is 32.2. The van der Waals surface area contributed by atoms with Crippen LogP contribution in [0.15, 0.2) is 16.3 Å². The summed E-state index contributed by atoms with van der Waals surface area (Å²) in [6.45, 7) is 6.25. The molecule has 108 valence electrons. The molecule has 0 saturated carbocycles. The highest BCUT2D eigenvalue weighted by Crippen LogP contribution is 2.30. The van der Waals surface area contributed by atoms with Crippen molar-refractivity contribution in [3.8, 4) is 0 Å². The smallest absolute Gasteiger partial charge is 0.252 e. The maximum atomic E-state index is 12.6. The number of hydrogen-bond donors (Lipinski definition) is 1. The van der Waals surface area contributed by atoms with Crippen LogP contribution < -0.4 is 5.32 Å². The molecule has 0 radical (unpaired) electrons. The quantitative estimate of drug-likeness (QED) is 0.927. The summed E-state index contributed by atoms with van der Waals surface area (Å²) in [7, 11) is -1.44. The zero-order valence-electron chi connectivity index (χ0n) is 11.7. The van der Waals surface area contributed by atoms with E-state index >= 15 is 0 Å². The Morgan fingerprint density at radius 3 is 2.53 bits per heavy atom. The van der Waals surface area contributed by atoms with Crippen LogP contribution in [-0.2, 0) is 16.6 Å². The number of nitrogens with zero attached hydrogens (tertiary/aromatic N) is 1. The van der Waals surface area contributed by atoms with E-state index in [0.29, 0.717) is 35.7 Å². The van der Waals surface area contributed by atoms with Gasteiger partial charge in [-0.3, -0.25) is 0 Å². The molecule has 1 aromatic rings. The summed E-state index contributed by atoms with van der Waals surface area (Å²) in [6.07, 6.45) is 1.11. The van der Waals surface area contributed by atoms with Crippen LogP contribution >= 0.6 is 11.3 Å². The Morgan fingerprint density at radius 2 is 1.95 bits per heavy atom. The van der Waals surface area contributed by atoms with Gasteiger partial charge in [0, 0.05) is 24.5 Å². The lowest BCUT2D eigenvalue weighted by molar-refractivity contribution is 0.223. The van der Waals surface area contributed by atoms with Gasteiger partial charge in [-0.25, -0.2) is 8.42 Å². The second-order valence-electron chi connectivity index (χ2n) is 5.52. The number of sulfonamides is 1. The van der Waals surface area contributed by atoms with Crippen LogP contribution in [0.2, 0.25) is 0 Å². The lowest BCUT2D eigenvalue weighted by Gasteiger charge is -2.33. The average Bonchev–Trinajstić information content (AvgIpc) is 2.77. The largest absolute Gasteiger partial charge is 0.315 e. The molecule has 2 atom stereocenters. The van der Waals surface area contributed by atoms with Gasteiger partial charge in [-0.1, -0.05) is 13.8 Å². The van der Waals surface area contributed by atoms with E-state index in [1.165, 1.54) is 11.3 Å². The molecule has 1 aromatic heterocycles. The van der Waals surface area contributed by atoms with Crippen LogP contribution in [0.1, 0.15) is 25.1 Å². The molecular weight excluding hydrogens is 280 g/mol. The van der Waals surface area contributed by atoms with E-state index in [1.54, 1.807) is 10.4 Å². The predicted octanol–water partition coefficient (Wildman–Crippen LogP) is 2.13. The highest BCUT2D eigenvalue weighted by Gasteiger charge is 2.32. The Hall–Kier alpha value is -0.430. The molecular formula is C13H22N2O2S2. The fourth-order valence-electron chi connectivity index (χ4n) is 2.70. The second kappa shape index (κ2) is 5.91. The summed E-state index contributed by atoms with van der Waals surface area (Å²) in [6, 6.07) is 3.63. The molecule has 0 aromatic carbocycles. The van der Waals surface area contributed by atoms with Gasteiger partial charge < -0.3 is 5.32 Å². The summed E-state index contributed by atoms with van der Waals surface area (Å²) in [5.41, 5.74) is 0. The molecule has 0 bridgehead atoms.